The average Bonchev–Trinajstić information content (AvgIpc) is 2.60. The maximum Gasteiger partial charge on any atom is 0.261 e. The van der Waals surface area contributed by atoms with E-state index >= 15 is 0 Å². The maximum absolute atomic E-state index is 11.9. The highest BCUT2D eigenvalue weighted by Gasteiger charge is 2.22. The zero-order chi connectivity index (χ0) is 18.2. The van der Waals surface area contributed by atoms with E-state index in [0.717, 1.165) is 19.3 Å². The molecule has 1 aromatic carbocycles. The fourth-order valence-electron chi connectivity index (χ4n) is 2.99. The van der Waals surface area contributed by atoms with Gasteiger partial charge in [0.2, 0.25) is 0 Å². The van der Waals surface area contributed by atoms with Crippen LogP contribution in [0.15, 0.2) is 17.3 Å². The molecule has 2 rings (SSSR count). The molecular weight excluding hydrogens is 344 g/mol. The predicted molar refractivity (Wildman–Crippen MR) is 97.7 cm³/mol. The fraction of sp³-hybridized carbons (Fsp3) is 0.556. The Morgan fingerprint density at radius 1 is 1.32 bits per heavy atom. The van der Waals surface area contributed by atoms with Crippen molar-refractivity contribution in [3.05, 3.63) is 22.7 Å². The number of carbonyl (C=O) groups is 1. The summed E-state index contributed by atoms with van der Waals surface area (Å²) >= 11 is 6.13. The molecule has 1 aromatic rings. The highest BCUT2D eigenvalue weighted by atomic mass is 35.5. The molecule has 0 spiro atoms. The summed E-state index contributed by atoms with van der Waals surface area (Å²) < 4.78 is 10.4. The van der Waals surface area contributed by atoms with E-state index in [9.17, 15) is 4.79 Å². The van der Waals surface area contributed by atoms with Crippen molar-refractivity contribution in [3.8, 4) is 11.5 Å². The van der Waals surface area contributed by atoms with E-state index in [1.54, 1.807) is 12.1 Å². The second-order valence-electron chi connectivity index (χ2n) is 6.18. The van der Waals surface area contributed by atoms with Gasteiger partial charge in [-0.2, -0.15) is 0 Å². The molecule has 0 bridgehead atoms. The van der Waals surface area contributed by atoms with Gasteiger partial charge >= 0.3 is 0 Å². The molecule has 2 atom stereocenters. The topological polar surface area (TPSA) is 69.2 Å². The lowest BCUT2D eigenvalue weighted by Crippen LogP contribution is -2.42. The SMILES string of the molecule is COc1cc(/C=N\OCC(=O)N[C@@H]2CCCC[C@@H]2C)cc(Cl)c1OC. The number of rotatable bonds is 7. The first-order valence-electron chi connectivity index (χ1n) is 8.41. The fourth-order valence-corrected chi connectivity index (χ4v) is 3.28. The lowest BCUT2D eigenvalue weighted by atomic mass is 9.86. The van der Waals surface area contributed by atoms with Crippen LogP contribution in [0.25, 0.3) is 0 Å². The molecule has 1 amide bonds. The molecule has 1 N–H and O–H groups in total. The molecule has 1 saturated carbocycles. The summed E-state index contributed by atoms with van der Waals surface area (Å²) in [5.74, 6) is 1.32. The molecule has 0 unspecified atom stereocenters. The van der Waals surface area contributed by atoms with Gasteiger partial charge in [-0.05, 0) is 30.9 Å². The van der Waals surface area contributed by atoms with Gasteiger partial charge in [-0.15, -0.1) is 0 Å². The Morgan fingerprint density at radius 3 is 2.76 bits per heavy atom. The number of oxime groups is 1. The molecule has 0 aliphatic heterocycles. The van der Waals surface area contributed by atoms with Crippen LogP contribution in [0, 0.1) is 5.92 Å². The van der Waals surface area contributed by atoms with Crippen LogP contribution in [-0.4, -0.2) is 39.0 Å². The van der Waals surface area contributed by atoms with Crippen LogP contribution in [0.4, 0.5) is 0 Å². The van der Waals surface area contributed by atoms with E-state index in [2.05, 4.69) is 17.4 Å². The largest absolute Gasteiger partial charge is 0.493 e. The number of nitrogens with one attached hydrogen (secondary N) is 1. The van der Waals surface area contributed by atoms with E-state index in [4.69, 9.17) is 25.9 Å². The zero-order valence-electron chi connectivity index (χ0n) is 14.9. The van der Waals surface area contributed by atoms with E-state index in [1.807, 2.05) is 0 Å². The van der Waals surface area contributed by atoms with Gasteiger partial charge in [0.15, 0.2) is 18.1 Å². The van der Waals surface area contributed by atoms with Gasteiger partial charge in [-0.3, -0.25) is 4.79 Å². The Bertz CT molecular complexity index is 621. The Kier molecular flexibility index (Phi) is 7.37. The van der Waals surface area contributed by atoms with Crippen molar-refractivity contribution >= 4 is 23.7 Å². The molecule has 1 aliphatic rings. The van der Waals surface area contributed by atoms with Crippen LogP contribution in [0.2, 0.25) is 5.02 Å². The second kappa shape index (κ2) is 9.51. The number of nitrogens with zero attached hydrogens (tertiary/aromatic N) is 1. The highest BCUT2D eigenvalue weighted by Crippen LogP contribution is 2.35. The Balaban J connectivity index is 1.84. The molecule has 0 radical (unpaired) electrons. The molecule has 0 aromatic heterocycles. The van der Waals surface area contributed by atoms with Crippen molar-refractivity contribution in [3.63, 3.8) is 0 Å². The molecule has 0 saturated heterocycles. The summed E-state index contributed by atoms with van der Waals surface area (Å²) in [6.45, 7) is 2.06. The van der Waals surface area contributed by atoms with Crippen LogP contribution < -0.4 is 14.8 Å². The number of amides is 1. The summed E-state index contributed by atoms with van der Waals surface area (Å²) in [6.07, 6.45) is 6.06. The second-order valence-corrected chi connectivity index (χ2v) is 6.59. The zero-order valence-corrected chi connectivity index (χ0v) is 15.6. The lowest BCUT2D eigenvalue weighted by molar-refractivity contribution is -0.126. The van der Waals surface area contributed by atoms with E-state index in [-0.39, 0.29) is 18.6 Å². The van der Waals surface area contributed by atoms with Crippen molar-refractivity contribution in [1.29, 1.82) is 0 Å². The van der Waals surface area contributed by atoms with Gasteiger partial charge in [-0.25, -0.2) is 0 Å². The van der Waals surface area contributed by atoms with Crippen LogP contribution in [0.3, 0.4) is 0 Å². The molecule has 25 heavy (non-hydrogen) atoms. The van der Waals surface area contributed by atoms with E-state index in [1.165, 1.54) is 26.9 Å². The molecule has 0 heterocycles. The molecule has 138 valence electrons. The Morgan fingerprint density at radius 2 is 2.08 bits per heavy atom. The van der Waals surface area contributed by atoms with Crippen LogP contribution >= 0.6 is 11.6 Å². The Labute approximate surface area is 153 Å². The van der Waals surface area contributed by atoms with Crippen molar-refractivity contribution in [2.45, 2.75) is 38.6 Å². The standard InChI is InChI=1S/C18H25ClN2O4/c1-12-6-4-5-7-15(12)21-17(22)11-25-20-10-13-8-14(19)18(24-3)16(9-13)23-2/h8-10,12,15H,4-7,11H2,1-3H3,(H,21,22)/b20-10-/t12-,15+/m0/s1. The van der Waals surface area contributed by atoms with Gasteiger partial charge in [0.25, 0.3) is 5.91 Å². The van der Waals surface area contributed by atoms with Gasteiger partial charge in [0.1, 0.15) is 0 Å². The summed E-state index contributed by atoms with van der Waals surface area (Å²) in [7, 11) is 3.05. The third-order valence-electron chi connectivity index (χ3n) is 4.39. The first-order chi connectivity index (χ1) is 12.0. The average molecular weight is 369 g/mol. The maximum atomic E-state index is 11.9. The number of carbonyl (C=O) groups excluding carboxylic acids is 1. The van der Waals surface area contributed by atoms with Crippen molar-refractivity contribution in [2.24, 2.45) is 11.1 Å². The van der Waals surface area contributed by atoms with Gasteiger partial charge in [0, 0.05) is 11.6 Å². The minimum atomic E-state index is -0.152. The number of ether oxygens (including phenoxy) is 2. The minimum Gasteiger partial charge on any atom is -0.493 e. The van der Waals surface area contributed by atoms with Gasteiger partial charge in [0.05, 0.1) is 25.5 Å². The van der Waals surface area contributed by atoms with Crippen LogP contribution in [-0.2, 0) is 9.63 Å². The van der Waals surface area contributed by atoms with Gasteiger partial charge < -0.3 is 19.6 Å². The third-order valence-corrected chi connectivity index (χ3v) is 4.67. The summed E-state index contributed by atoms with van der Waals surface area (Å²) in [5.41, 5.74) is 0.684. The molecule has 1 fully saturated rings. The predicted octanol–water partition coefficient (Wildman–Crippen LogP) is 3.40. The number of halogens is 1. The van der Waals surface area contributed by atoms with Crippen molar-refractivity contribution in [1.82, 2.24) is 5.32 Å². The number of hydrogen-bond acceptors (Lipinski definition) is 5. The summed E-state index contributed by atoms with van der Waals surface area (Å²) in [5, 5.41) is 7.25. The first kappa shape index (κ1) is 19.4. The molecule has 7 heteroatoms. The van der Waals surface area contributed by atoms with Crippen molar-refractivity contribution in [2.75, 3.05) is 20.8 Å². The molecule has 6 nitrogen and oxygen atoms in total. The van der Waals surface area contributed by atoms with E-state index < -0.39 is 0 Å². The first-order valence-corrected chi connectivity index (χ1v) is 8.79. The third kappa shape index (κ3) is 5.53. The van der Waals surface area contributed by atoms with Crippen LogP contribution in [0.5, 0.6) is 11.5 Å². The summed E-state index contributed by atoms with van der Waals surface area (Å²) in [4.78, 5) is 17.0. The summed E-state index contributed by atoms with van der Waals surface area (Å²) in [6, 6.07) is 3.64. The number of hydrogen-bond donors (Lipinski definition) is 1. The monoisotopic (exact) mass is 368 g/mol. The quantitative estimate of drug-likeness (QED) is 0.591. The molecular formula is C18H25ClN2O4. The van der Waals surface area contributed by atoms with Gasteiger partial charge in [-0.1, -0.05) is 36.5 Å². The number of benzene rings is 1. The minimum absolute atomic E-state index is 0.110. The van der Waals surface area contributed by atoms with Crippen LogP contribution in [0.1, 0.15) is 38.2 Å². The molecule has 1 aliphatic carbocycles. The highest BCUT2D eigenvalue weighted by molar-refractivity contribution is 6.32. The number of methoxy groups -OCH3 is 2. The van der Waals surface area contributed by atoms with Crippen molar-refractivity contribution < 1.29 is 19.1 Å². The Hall–Kier alpha value is -1.95. The lowest BCUT2D eigenvalue weighted by Gasteiger charge is -2.29. The normalized spacial score (nSPS) is 20.3. The smallest absolute Gasteiger partial charge is 0.261 e. The van der Waals surface area contributed by atoms with E-state index in [0.29, 0.717) is 28.0 Å².